The minimum absolute atomic E-state index is 0.0218. The lowest BCUT2D eigenvalue weighted by Gasteiger charge is -2.32. The van der Waals surface area contributed by atoms with Crippen molar-refractivity contribution in [1.82, 2.24) is 10.2 Å². The van der Waals surface area contributed by atoms with Crippen LogP contribution >= 0.6 is 0 Å². The molecule has 1 fully saturated rings. The van der Waals surface area contributed by atoms with Gasteiger partial charge in [-0.3, -0.25) is 9.59 Å². The molecule has 6 heteroatoms. The molecule has 0 atom stereocenters. The highest BCUT2D eigenvalue weighted by molar-refractivity contribution is 5.94. The van der Waals surface area contributed by atoms with Gasteiger partial charge < -0.3 is 19.7 Å². The van der Waals surface area contributed by atoms with Crippen molar-refractivity contribution in [3.63, 3.8) is 0 Å². The molecule has 6 nitrogen and oxygen atoms in total. The number of nitrogens with one attached hydrogen (secondary N) is 1. The van der Waals surface area contributed by atoms with Crippen molar-refractivity contribution in [2.24, 2.45) is 0 Å². The van der Waals surface area contributed by atoms with Crippen molar-refractivity contribution in [1.29, 1.82) is 0 Å². The Hall–Kier alpha value is -2.86. The number of nitrogens with zero attached hydrogens (tertiary/aromatic N) is 1. The fourth-order valence-electron chi connectivity index (χ4n) is 3.38. The number of hydrogen-bond donors (Lipinski definition) is 1. The van der Waals surface area contributed by atoms with Gasteiger partial charge in [0.05, 0.1) is 0 Å². The van der Waals surface area contributed by atoms with Crippen molar-refractivity contribution in [2.75, 3.05) is 33.4 Å². The van der Waals surface area contributed by atoms with Crippen LogP contribution in [0.3, 0.4) is 0 Å². The average molecular weight is 396 g/mol. The van der Waals surface area contributed by atoms with Gasteiger partial charge in [-0.2, -0.15) is 0 Å². The van der Waals surface area contributed by atoms with Gasteiger partial charge in [-0.15, -0.1) is 0 Å². The third-order valence-electron chi connectivity index (χ3n) is 5.02. The van der Waals surface area contributed by atoms with E-state index in [1.165, 1.54) is 12.7 Å². The first-order valence-electron chi connectivity index (χ1n) is 10.0. The summed E-state index contributed by atoms with van der Waals surface area (Å²) < 4.78 is 10.9. The van der Waals surface area contributed by atoms with Gasteiger partial charge in [0.1, 0.15) is 18.5 Å². The van der Waals surface area contributed by atoms with Crippen LogP contribution in [0.25, 0.3) is 0 Å². The largest absolute Gasteiger partial charge is 0.490 e. The first-order valence-corrected chi connectivity index (χ1v) is 10.0. The molecular formula is C23H28N2O4. The molecule has 1 aliphatic rings. The molecule has 3 rings (SSSR count). The van der Waals surface area contributed by atoms with Crippen LogP contribution in [0, 0.1) is 0 Å². The van der Waals surface area contributed by atoms with E-state index in [4.69, 9.17) is 9.47 Å². The lowest BCUT2D eigenvalue weighted by atomic mass is 10.1. The fraction of sp³-hybridized carbons (Fsp3) is 0.391. The van der Waals surface area contributed by atoms with Gasteiger partial charge in [-0.1, -0.05) is 30.3 Å². The number of amides is 2. The maximum absolute atomic E-state index is 12.3. The molecule has 1 N–H and O–H groups in total. The molecular weight excluding hydrogens is 368 g/mol. The topological polar surface area (TPSA) is 67.9 Å². The second-order valence-corrected chi connectivity index (χ2v) is 7.15. The number of carbonyl (C=O) groups excluding carboxylic acids is 2. The first-order chi connectivity index (χ1) is 14.2. The number of piperidine rings is 1. The highest BCUT2D eigenvalue weighted by atomic mass is 16.5. The van der Waals surface area contributed by atoms with Gasteiger partial charge >= 0.3 is 0 Å². The Morgan fingerprint density at radius 3 is 2.38 bits per heavy atom. The van der Waals surface area contributed by atoms with Crippen LogP contribution in [0.15, 0.2) is 54.6 Å². The van der Waals surface area contributed by atoms with E-state index in [1.54, 1.807) is 12.1 Å². The number of hydrogen-bond acceptors (Lipinski definition) is 4. The summed E-state index contributed by atoms with van der Waals surface area (Å²) in [5.41, 5.74) is 1.82. The molecule has 0 aromatic heterocycles. The van der Waals surface area contributed by atoms with E-state index in [9.17, 15) is 9.59 Å². The predicted molar refractivity (Wildman–Crippen MR) is 111 cm³/mol. The summed E-state index contributed by atoms with van der Waals surface area (Å²) in [7, 11) is 1.53. The first kappa shape index (κ1) is 20.9. The number of likely N-dealkylation sites (tertiary alicyclic amines) is 1. The predicted octanol–water partition coefficient (Wildman–Crippen LogP) is 2.68. The van der Waals surface area contributed by atoms with Gasteiger partial charge in [0.25, 0.3) is 5.91 Å². The van der Waals surface area contributed by atoms with Crippen LogP contribution in [-0.4, -0.2) is 56.2 Å². The number of methoxy groups -OCH3 is 1. The summed E-state index contributed by atoms with van der Waals surface area (Å²) in [5, 5.41) is 2.95. The highest BCUT2D eigenvalue weighted by Gasteiger charge is 2.23. The summed E-state index contributed by atoms with van der Waals surface area (Å²) in [6, 6.07) is 17.3. The lowest BCUT2D eigenvalue weighted by molar-refractivity contribution is -0.136. The fourth-order valence-corrected chi connectivity index (χ4v) is 3.38. The Morgan fingerprint density at radius 1 is 1.03 bits per heavy atom. The Balaban J connectivity index is 1.42. The molecule has 2 amide bonds. The molecule has 2 aromatic carbocycles. The summed E-state index contributed by atoms with van der Waals surface area (Å²) in [6.07, 6.45) is 2.46. The summed E-state index contributed by atoms with van der Waals surface area (Å²) in [4.78, 5) is 25.9. The summed E-state index contributed by atoms with van der Waals surface area (Å²) in [5.74, 6) is 0.679. The number of rotatable bonds is 8. The number of carbonyl (C=O) groups is 2. The number of benzene rings is 2. The molecule has 0 bridgehead atoms. The van der Waals surface area contributed by atoms with Crippen molar-refractivity contribution in [3.8, 4) is 5.75 Å². The van der Waals surface area contributed by atoms with E-state index in [0.29, 0.717) is 25.2 Å². The summed E-state index contributed by atoms with van der Waals surface area (Å²) >= 11 is 0. The lowest BCUT2D eigenvalue weighted by Crippen LogP contribution is -2.43. The Kier molecular flexibility index (Phi) is 7.64. The standard InChI is InChI=1S/C23H28N2O4/c1-28-17-22(26)25-15-12-21(13-16-25)29-20-9-7-19(8-10-20)23(27)24-14-11-18-5-3-2-4-6-18/h2-10,21H,11-17H2,1H3,(H,24,27). The monoisotopic (exact) mass is 396 g/mol. The zero-order valence-electron chi connectivity index (χ0n) is 16.8. The molecule has 154 valence electrons. The van der Waals surface area contributed by atoms with Crippen LogP contribution in [0.1, 0.15) is 28.8 Å². The average Bonchev–Trinajstić information content (AvgIpc) is 2.75. The van der Waals surface area contributed by atoms with E-state index in [1.807, 2.05) is 35.2 Å². The van der Waals surface area contributed by atoms with Crippen LogP contribution in [0.2, 0.25) is 0 Å². The van der Waals surface area contributed by atoms with Crippen LogP contribution in [0.5, 0.6) is 5.75 Å². The van der Waals surface area contributed by atoms with E-state index in [-0.39, 0.29) is 24.5 Å². The Labute approximate surface area is 171 Å². The van der Waals surface area contributed by atoms with Gasteiger partial charge in [0.15, 0.2) is 0 Å². The SMILES string of the molecule is COCC(=O)N1CCC(Oc2ccc(C(=O)NCCc3ccccc3)cc2)CC1. The molecule has 2 aromatic rings. The second kappa shape index (κ2) is 10.6. The third kappa shape index (κ3) is 6.32. The molecule has 1 saturated heterocycles. The van der Waals surface area contributed by atoms with Gasteiger partial charge in [-0.25, -0.2) is 0 Å². The Bertz CT molecular complexity index is 784. The third-order valence-corrected chi connectivity index (χ3v) is 5.02. The van der Waals surface area contributed by atoms with Gasteiger partial charge in [0, 0.05) is 45.1 Å². The van der Waals surface area contributed by atoms with Crippen LogP contribution < -0.4 is 10.1 Å². The highest BCUT2D eigenvalue weighted by Crippen LogP contribution is 2.20. The molecule has 29 heavy (non-hydrogen) atoms. The normalized spacial score (nSPS) is 14.4. The molecule has 0 aliphatic carbocycles. The minimum atomic E-state index is -0.0857. The van der Waals surface area contributed by atoms with Crippen molar-refractivity contribution in [2.45, 2.75) is 25.4 Å². The molecule has 1 heterocycles. The molecule has 0 unspecified atom stereocenters. The van der Waals surface area contributed by atoms with E-state index in [2.05, 4.69) is 17.4 Å². The van der Waals surface area contributed by atoms with Crippen molar-refractivity contribution < 1.29 is 19.1 Å². The molecule has 1 aliphatic heterocycles. The summed E-state index contributed by atoms with van der Waals surface area (Å²) in [6.45, 7) is 2.07. The number of ether oxygens (including phenoxy) is 2. The Morgan fingerprint density at radius 2 is 1.72 bits per heavy atom. The zero-order chi connectivity index (χ0) is 20.5. The van der Waals surface area contributed by atoms with Crippen molar-refractivity contribution in [3.05, 3.63) is 65.7 Å². The molecule has 0 spiro atoms. The molecule has 0 radical (unpaired) electrons. The maximum Gasteiger partial charge on any atom is 0.251 e. The second-order valence-electron chi connectivity index (χ2n) is 7.15. The minimum Gasteiger partial charge on any atom is -0.490 e. The quantitative estimate of drug-likeness (QED) is 0.745. The zero-order valence-corrected chi connectivity index (χ0v) is 16.8. The van der Waals surface area contributed by atoms with Gasteiger partial charge in [-0.05, 0) is 36.2 Å². The van der Waals surface area contributed by atoms with Crippen molar-refractivity contribution >= 4 is 11.8 Å². The van der Waals surface area contributed by atoms with E-state index >= 15 is 0 Å². The van der Waals surface area contributed by atoms with Crippen LogP contribution in [-0.2, 0) is 16.0 Å². The van der Waals surface area contributed by atoms with E-state index < -0.39 is 0 Å². The van der Waals surface area contributed by atoms with Gasteiger partial charge in [0.2, 0.25) is 5.91 Å². The van der Waals surface area contributed by atoms with Crippen LogP contribution in [0.4, 0.5) is 0 Å². The smallest absolute Gasteiger partial charge is 0.251 e. The van der Waals surface area contributed by atoms with E-state index in [0.717, 1.165) is 25.0 Å². The molecule has 0 saturated carbocycles. The maximum atomic E-state index is 12.3.